The van der Waals surface area contributed by atoms with Gasteiger partial charge in [-0.15, -0.1) is 0 Å². The summed E-state index contributed by atoms with van der Waals surface area (Å²) in [4.78, 5) is 22.7. The third-order valence-corrected chi connectivity index (χ3v) is 7.35. The van der Waals surface area contributed by atoms with Crippen molar-refractivity contribution in [2.24, 2.45) is 5.92 Å². The molecule has 0 radical (unpaired) electrons. The van der Waals surface area contributed by atoms with Crippen LogP contribution in [0.25, 0.3) is 5.65 Å². The van der Waals surface area contributed by atoms with Crippen molar-refractivity contribution >= 4 is 11.6 Å². The lowest BCUT2D eigenvalue weighted by Crippen LogP contribution is -2.70. The smallest absolute Gasteiger partial charge is 0.274 e. The van der Waals surface area contributed by atoms with Crippen LogP contribution in [0.15, 0.2) is 48.7 Å². The molecular formula is C24H26FN5O. The number of amides is 1. The van der Waals surface area contributed by atoms with Crippen LogP contribution in [-0.2, 0) is 5.41 Å². The number of rotatable bonds is 3. The van der Waals surface area contributed by atoms with E-state index in [1.165, 1.54) is 9.96 Å². The van der Waals surface area contributed by atoms with Gasteiger partial charge in [0, 0.05) is 62.8 Å². The number of piperidine rings is 2. The van der Waals surface area contributed by atoms with Crippen molar-refractivity contribution < 1.29 is 9.18 Å². The van der Waals surface area contributed by atoms with Gasteiger partial charge in [-0.3, -0.25) is 9.20 Å². The first kappa shape index (κ1) is 19.0. The highest BCUT2D eigenvalue weighted by atomic mass is 19.1. The van der Waals surface area contributed by atoms with E-state index in [9.17, 15) is 4.79 Å². The number of hydrogen-bond donors (Lipinski definition) is 1. The second kappa shape index (κ2) is 6.87. The molecule has 160 valence electrons. The molecule has 1 amide bonds. The number of carbonyl (C=O) groups excluding carboxylic acids is 1. The maximum Gasteiger partial charge on any atom is 0.274 e. The highest BCUT2D eigenvalue weighted by molar-refractivity contribution is 5.93. The van der Waals surface area contributed by atoms with Gasteiger partial charge in [0.15, 0.2) is 5.69 Å². The van der Waals surface area contributed by atoms with Crippen LogP contribution >= 0.6 is 0 Å². The molecule has 4 fully saturated rings. The third kappa shape index (κ3) is 2.91. The van der Waals surface area contributed by atoms with E-state index in [1.807, 2.05) is 19.1 Å². The minimum Gasteiger partial charge on any atom is -0.346 e. The number of halogens is 1. The fourth-order valence-electron chi connectivity index (χ4n) is 6.04. The van der Waals surface area contributed by atoms with Gasteiger partial charge in [0.1, 0.15) is 5.65 Å². The Bertz CT molecular complexity index is 1140. The number of pyridine rings is 1. The second-order valence-corrected chi connectivity index (χ2v) is 9.39. The molecule has 7 rings (SSSR count). The van der Waals surface area contributed by atoms with Gasteiger partial charge in [0.2, 0.25) is 5.95 Å². The van der Waals surface area contributed by atoms with Gasteiger partial charge in [-0.25, -0.2) is 4.98 Å². The molecule has 0 aliphatic carbocycles. The first-order valence-electron chi connectivity index (χ1n) is 11.0. The van der Waals surface area contributed by atoms with Gasteiger partial charge in [0.05, 0.1) is 0 Å². The summed E-state index contributed by atoms with van der Waals surface area (Å²) < 4.78 is 16.4. The summed E-state index contributed by atoms with van der Waals surface area (Å²) in [5.41, 5.74) is 2.28. The molecule has 1 aromatic carbocycles. The molecule has 3 aromatic rings. The van der Waals surface area contributed by atoms with Gasteiger partial charge in [-0.05, 0) is 24.1 Å². The van der Waals surface area contributed by atoms with Crippen molar-refractivity contribution in [2.75, 3.05) is 39.3 Å². The highest BCUT2D eigenvalue weighted by Crippen LogP contribution is 2.43. The third-order valence-electron chi connectivity index (χ3n) is 7.35. The van der Waals surface area contributed by atoms with Crippen LogP contribution in [0.1, 0.15) is 21.6 Å². The van der Waals surface area contributed by atoms with Gasteiger partial charge in [-0.2, -0.15) is 4.39 Å². The molecule has 4 saturated heterocycles. The average Bonchev–Trinajstić information content (AvgIpc) is 2.91. The van der Waals surface area contributed by atoms with Gasteiger partial charge < -0.3 is 15.1 Å². The molecule has 2 unspecified atom stereocenters. The molecule has 6 nitrogen and oxygen atoms in total. The molecule has 0 spiro atoms. The maximum atomic E-state index is 15.1. The monoisotopic (exact) mass is 419 g/mol. The molecule has 3 atom stereocenters. The van der Waals surface area contributed by atoms with Crippen molar-refractivity contribution in [3.8, 4) is 0 Å². The van der Waals surface area contributed by atoms with Crippen LogP contribution in [0.3, 0.4) is 0 Å². The number of nitrogens with zero attached hydrogens (tertiary/aromatic N) is 4. The summed E-state index contributed by atoms with van der Waals surface area (Å²) in [6, 6.07) is 14.1. The lowest BCUT2D eigenvalue weighted by atomic mass is 9.64. The number of hydrogen-bond acceptors (Lipinski definition) is 4. The van der Waals surface area contributed by atoms with Gasteiger partial charge >= 0.3 is 0 Å². The van der Waals surface area contributed by atoms with Gasteiger partial charge in [-0.1, -0.05) is 36.4 Å². The van der Waals surface area contributed by atoms with E-state index < -0.39 is 11.9 Å². The molecule has 31 heavy (non-hydrogen) atoms. The Labute approximate surface area is 180 Å². The zero-order valence-corrected chi connectivity index (χ0v) is 17.6. The Hall–Kier alpha value is -2.77. The zero-order valence-electron chi connectivity index (χ0n) is 17.6. The summed E-state index contributed by atoms with van der Waals surface area (Å²) in [6.45, 7) is 7.75. The summed E-state index contributed by atoms with van der Waals surface area (Å²) in [5, 5.41) is 3.25. The number of aryl methyl sites for hydroxylation is 1. The maximum absolute atomic E-state index is 15.1. The number of imidazole rings is 1. The quantitative estimate of drug-likeness (QED) is 0.706. The van der Waals surface area contributed by atoms with E-state index in [1.54, 1.807) is 12.3 Å². The van der Waals surface area contributed by atoms with E-state index in [4.69, 9.17) is 0 Å². The summed E-state index contributed by atoms with van der Waals surface area (Å²) in [6.07, 6.45) is 1.67. The first-order chi connectivity index (χ1) is 15.0. The van der Waals surface area contributed by atoms with Crippen molar-refractivity contribution in [3.63, 3.8) is 0 Å². The fraction of sp³-hybridized carbons (Fsp3) is 0.417. The van der Waals surface area contributed by atoms with E-state index in [0.717, 1.165) is 44.8 Å². The van der Waals surface area contributed by atoms with Crippen LogP contribution < -0.4 is 5.32 Å². The number of aromatic nitrogens is 2. The second-order valence-electron chi connectivity index (χ2n) is 9.39. The Morgan fingerprint density at radius 2 is 1.81 bits per heavy atom. The van der Waals surface area contributed by atoms with E-state index >= 15 is 4.39 Å². The zero-order chi connectivity index (χ0) is 21.2. The number of nitrogens with one attached hydrogen (secondary N) is 1. The predicted octanol–water partition coefficient (Wildman–Crippen LogP) is 2.08. The van der Waals surface area contributed by atoms with E-state index in [2.05, 4.69) is 44.4 Å². The predicted molar refractivity (Wildman–Crippen MR) is 116 cm³/mol. The number of fused-ring (bicyclic) bond motifs is 2. The lowest BCUT2D eigenvalue weighted by Gasteiger charge is -2.55. The van der Waals surface area contributed by atoms with Crippen LogP contribution in [0.2, 0.25) is 0 Å². The van der Waals surface area contributed by atoms with Crippen molar-refractivity contribution in [1.82, 2.24) is 24.5 Å². The first-order valence-corrected chi connectivity index (χ1v) is 11.0. The molecule has 2 aromatic heterocycles. The minimum absolute atomic E-state index is 0.0565. The molecule has 6 heterocycles. The Morgan fingerprint density at radius 1 is 1.10 bits per heavy atom. The topological polar surface area (TPSA) is 52.9 Å². The molecule has 0 saturated carbocycles. The Morgan fingerprint density at radius 3 is 2.52 bits per heavy atom. The van der Waals surface area contributed by atoms with Crippen molar-refractivity contribution in [1.29, 1.82) is 0 Å². The molecule has 4 aliphatic rings. The van der Waals surface area contributed by atoms with Crippen molar-refractivity contribution in [2.45, 2.75) is 18.4 Å². The minimum atomic E-state index is -0.599. The van der Waals surface area contributed by atoms with Crippen LogP contribution in [0, 0.1) is 18.8 Å². The number of benzene rings is 1. The summed E-state index contributed by atoms with van der Waals surface area (Å²) in [7, 11) is 0. The van der Waals surface area contributed by atoms with Crippen LogP contribution in [-0.4, -0.2) is 70.4 Å². The summed E-state index contributed by atoms with van der Waals surface area (Å²) >= 11 is 0. The lowest BCUT2D eigenvalue weighted by molar-refractivity contribution is 0.0178. The molecule has 4 bridgehead atoms. The Kier molecular flexibility index (Phi) is 4.20. The molecule has 4 aliphatic heterocycles. The largest absolute Gasteiger partial charge is 0.346 e. The normalized spacial score (nSPS) is 31.7. The van der Waals surface area contributed by atoms with Crippen LogP contribution in [0.4, 0.5) is 4.39 Å². The van der Waals surface area contributed by atoms with Gasteiger partial charge in [0.25, 0.3) is 5.91 Å². The van der Waals surface area contributed by atoms with E-state index in [-0.39, 0.29) is 17.2 Å². The standard InChI is InChI=1S/C24H26FN5O/c1-16-7-8-19-26-20(22(25)30(19)11-16)23(31)27-21-17-12-28-9-10-29(13-17)15-24(21,14-28)18-5-3-2-4-6-18/h2-8,11,17,21H,9-10,12-15H2,1H3,(H,27,31)/t17?,21-,24?/m0/s1. The SMILES string of the molecule is Cc1ccc2nc(C(=O)N[C@H]3C4CN5CCN(C4)CC3(c3ccccc3)C5)c(F)n2c1. The molecule has 1 N–H and O–H groups in total. The molecular weight excluding hydrogens is 393 g/mol. The van der Waals surface area contributed by atoms with E-state index in [0.29, 0.717) is 11.6 Å². The van der Waals surface area contributed by atoms with Crippen LogP contribution in [0.5, 0.6) is 0 Å². The average molecular weight is 420 g/mol. The fourth-order valence-corrected chi connectivity index (χ4v) is 6.04. The highest BCUT2D eigenvalue weighted by Gasteiger charge is 2.55. The van der Waals surface area contributed by atoms with Crippen molar-refractivity contribution in [3.05, 3.63) is 71.4 Å². The number of carbonyl (C=O) groups is 1. The summed E-state index contributed by atoms with van der Waals surface area (Å²) in [5.74, 6) is -0.717. The molecule has 7 heteroatoms. The Balaban J connectivity index is 1.39.